The Bertz CT molecular complexity index is 584. The van der Waals surface area contributed by atoms with E-state index in [1.807, 2.05) is 12.1 Å². The second-order valence-corrected chi connectivity index (χ2v) is 4.47. The summed E-state index contributed by atoms with van der Waals surface area (Å²) in [6.07, 6.45) is 2.70. The third-order valence-electron chi connectivity index (χ3n) is 2.61. The van der Waals surface area contributed by atoms with Gasteiger partial charge in [-0.1, -0.05) is 13.0 Å². The third-order valence-corrected chi connectivity index (χ3v) is 3.43. The Morgan fingerprint density at radius 3 is 3.11 bits per heavy atom. The smallest absolute Gasteiger partial charge is 0.157 e. The van der Waals surface area contributed by atoms with Gasteiger partial charge >= 0.3 is 0 Å². The van der Waals surface area contributed by atoms with Gasteiger partial charge in [0.05, 0.1) is 12.2 Å². The molecule has 0 unspecified atom stereocenters. The molecule has 0 amide bonds. The first kappa shape index (κ1) is 12.3. The molecule has 0 aliphatic carbocycles. The van der Waals surface area contributed by atoms with Crippen LogP contribution in [0.15, 0.2) is 18.3 Å². The molecule has 0 aromatic carbocycles. The summed E-state index contributed by atoms with van der Waals surface area (Å²) in [5.41, 5.74) is 8.19. The van der Waals surface area contributed by atoms with Gasteiger partial charge in [0.25, 0.3) is 0 Å². The van der Waals surface area contributed by atoms with Gasteiger partial charge in [-0.25, -0.2) is 0 Å². The monoisotopic (exact) mass is 259 g/mol. The van der Waals surface area contributed by atoms with Gasteiger partial charge in [0.1, 0.15) is 16.6 Å². The Hall–Kier alpha value is -2.13. The van der Waals surface area contributed by atoms with Crippen LogP contribution in [-0.4, -0.2) is 9.36 Å². The van der Waals surface area contributed by atoms with E-state index in [4.69, 9.17) is 11.0 Å². The van der Waals surface area contributed by atoms with Crippen LogP contribution in [0.25, 0.3) is 0 Å². The van der Waals surface area contributed by atoms with E-state index in [0.717, 1.165) is 12.1 Å². The number of aryl methyl sites for hydroxylation is 1. The van der Waals surface area contributed by atoms with Crippen molar-refractivity contribution in [3.8, 4) is 6.07 Å². The average molecular weight is 259 g/mol. The number of hydrogen-bond donors (Lipinski definition) is 2. The normalized spacial score (nSPS) is 10.0. The van der Waals surface area contributed by atoms with Crippen LogP contribution in [-0.2, 0) is 13.0 Å². The number of anilines is 2. The third kappa shape index (κ3) is 2.41. The van der Waals surface area contributed by atoms with Gasteiger partial charge in [0.2, 0.25) is 0 Å². The summed E-state index contributed by atoms with van der Waals surface area (Å²) >= 11 is 1.20. The van der Waals surface area contributed by atoms with Gasteiger partial charge in [-0.3, -0.25) is 4.98 Å². The Morgan fingerprint density at radius 2 is 2.39 bits per heavy atom. The Kier molecular flexibility index (Phi) is 3.75. The van der Waals surface area contributed by atoms with Gasteiger partial charge < -0.3 is 11.1 Å². The van der Waals surface area contributed by atoms with Crippen LogP contribution in [0.1, 0.15) is 23.7 Å². The molecule has 2 heterocycles. The fourth-order valence-electron chi connectivity index (χ4n) is 1.65. The molecular formula is C12H13N5S. The highest BCUT2D eigenvalue weighted by Crippen LogP contribution is 2.26. The molecule has 18 heavy (non-hydrogen) atoms. The molecule has 0 radical (unpaired) electrons. The summed E-state index contributed by atoms with van der Waals surface area (Å²) in [6, 6.07) is 6.02. The summed E-state index contributed by atoms with van der Waals surface area (Å²) in [5, 5.41) is 12.8. The number of nitrogens with one attached hydrogen (secondary N) is 1. The lowest BCUT2D eigenvalue weighted by Crippen LogP contribution is -2.04. The maximum absolute atomic E-state index is 8.97. The molecular weight excluding hydrogens is 246 g/mol. The molecule has 6 heteroatoms. The first-order chi connectivity index (χ1) is 8.76. The predicted molar refractivity (Wildman–Crippen MR) is 72.2 cm³/mol. The second kappa shape index (κ2) is 5.47. The van der Waals surface area contributed by atoms with E-state index in [2.05, 4.69) is 27.7 Å². The van der Waals surface area contributed by atoms with Crippen molar-refractivity contribution in [2.75, 3.05) is 11.1 Å². The lowest BCUT2D eigenvalue weighted by molar-refractivity contribution is 0.974. The van der Waals surface area contributed by atoms with Gasteiger partial charge in [0.15, 0.2) is 5.82 Å². The highest BCUT2D eigenvalue weighted by molar-refractivity contribution is 7.10. The molecule has 0 spiro atoms. The zero-order valence-corrected chi connectivity index (χ0v) is 10.8. The molecule has 0 saturated heterocycles. The lowest BCUT2D eigenvalue weighted by Gasteiger charge is -2.07. The maximum atomic E-state index is 8.97. The van der Waals surface area contributed by atoms with E-state index in [0.29, 0.717) is 17.1 Å². The van der Waals surface area contributed by atoms with E-state index >= 15 is 0 Å². The van der Waals surface area contributed by atoms with Crippen LogP contribution in [0.3, 0.4) is 0 Å². The Balaban J connectivity index is 2.14. The predicted octanol–water partition coefficient (Wildman–Crippen LogP) is 2.17. The van der Waals surface area contributed by atoms with Gasteiger partial charge in [-0.15, -0.1) is 0 Å². The number of nitrogens with two attached hydrogens (primary N) is 1. The first-order valence-corrected chi connectivity index (χ1v) is 6.35. The molecule has 0 aliphatic rings. The van der Waals surface area contributed by atoms with E-state index in [1.165, 1.54) is 17.1 Å². The number of aromatic nitrogens is 2. The van der Waals surface area contributed by atoms with Crippen LogP contribution < -0.4 is 11.1 Å². The summed E-state index contributed by atoms with van der Waals surface area (Å²) in [4.78, 5) is 4.33. The summed E-state index contributed by atoms with van der Waals surface area (Å²) in [7, 11) is 0. The lowest BCUT2D eigenvalue weighted by atomic mass is 10.1. The summed E-state index contributed by atoms with van der Waals surface area (Å²) < 4.78 is 3.96. The van der Waals surface area contributed by atoms with E-state index in [9.17, 15) is 0 Å². The topological polar surface area (TPSA) is 87.6 Å². The molecule has 92 valence electrons. The van der Waals surface area contributed by atoms with Gasteiger partial charge in [-0.2, -0.15) is 9.64 Å². The van der Waals surface area contributed by atoms with Gasteiger partial charge in [0, 0.05) is 6.20 Å². The summed E-state index contributed by atoms with van der Waals surface area (Å²) in [6.45, 7) is 2.66. The van der Waals surface area contributed by atoms with Crippen molar-refractivity contribution in [1.82, 2.24) is 9.36 Å². The zero-order valence-electron chi connectivity index (χ0n) is 9.97. The standard InChI is InChI=1S/C12H13N5S/c1-2-8-4-3-5-15-10(8)7-16-12-9(6-13)11(14)17-18-12/h3-5,16H,2,7H2,1H3,(H2,14,17). The van der Waals surface area contributed by atoms with E-state index in [1.54, 1.807) is 6.20 Å². The molecule has 0 fully saturated rings. The minimum absolute atomic E-state index is 0.279. The van der Waals surface area contributed by atoms with Crippen molar-refractivity contribution < 1.29 is 0 Å². The highest BCUT2D eigenvalue weighted by Gasteiger charge is 2.11. The molecule has 5 nitrogen and oxygen atoms in total. The molecule has 0 saturated carbocycles. The first-order valence-electron chi connectivity index (χ1n) is 5.58. The maximum Gasteiger partial charge on any atom is 0.157 e. The quantitative estimate of drug-likeness (QED) is 0.878. The van der Waals surface area contributed by atoms with E-state index in [-0.39, 0.29) is 5.82 Å². The van der Waals surface area contributed by atoms with Crippen LogP contribution >= 0.6 is 11.5 Å². The Labute approximate surface area is 109 Å². The van der Waals surface area contributed by atoms with Crippen LogP contribution in [0, 0.1) is 11.3 Å². The van der Waals surface area contributed by atoms with Crippen molar-refractivity contribution in [2.24, 2.45) is 0 Å². The van der Waals surface area contributed by atoms with Gasteiger partial charge in [-0.05, 0) is 29.6 Å². The van der Waals surface area contributed by atoms with Crippen LogP contribution in [0.4, 0.5) is 10.8 Å². The minimum atomic E-state index is 0.279. The second-order valence-electron chi connectivity index (χ2n) is 3.70. The van der Waals surface area contributed by atoms with Crippen LogP contribution in [0.2, 0.25) is 0 Å². The minimum Gasteiger partial charge on any atom is -0.382 e. The van der Waals surface area contributed by atoms with Crippen molar-refractivity contribution >= 4 is 22.4 Å². The summed E-state index contributed by atoms with van der Waals surface area (Å²) in [5.74, 6) is 0.279. The molecule has 2 rings (SSSR count). The SMILES string of the molecule is CCc1cccnc1CNc1snc(N)c1C#N. The number of pyridine rings is 1. The molecule has 0 atom stereocenters. The molecule has 0 bridgehead atoms. The molecule has 0 aliphatic heterocycles. The van der Waals surface area contributed by atoms with Crippen molar-refractivity contribution in [3.05, 3.63) is 35.2 Å². The number of nitrogens with zero attached hydrogens (tertiary/aromatic N) is 3. The molecule has 3 N–H and O–H groups in total. The van der Waals surface area contributed by atoms with Crippen LogP contribution in [0.5, 0.6) is 0 Å². The Morgan fingerprint density at radius 1 is 1.56 bits per heavy atom. The van der Waals surface area contributed by atoms with Crippen molar-refractivity contribution in [3.63, 3.8) is 0 Å². The van der Waals surface area contributed by atoms with Crippen molar-refractivity contribution in [1.29, 1.82) is 5.26 Å². The zero-order chi connectivity index (χ0) is 13.0. The van der Waals surface area contributed by atoms with E-state index < -0.39 is 0 Å². The molecule has 2 aromatic rings. The largest absolute Gasteiger partial charge is 0.382 e. The number of nitrogen functional groups attached to an aromatic ring is 1. The highest BCUT2D eigenvalue weighted by atomic mass is 32.1. The molecule has 2 aromatic heterocycles. The number of rotatable bonds is 4. The fraction of sp³-hybridized carbons (Fsp3) is 0.250. The fourth-order valence-corrected chi connectivity index (χ4v) is 2.31. The van der Waals surface area contributed by atoms with Crippen molar-refractivity contribution in [2.45, 2.75) is 19.9 Å². The average Bonchev–Trinajstić information content (AvgIpc) is 2.77. The number of hydrogen-bond acceptors (Lipinski definition) is 6. The number of nitriles is 1.